The quantitative estimate of drug-likeness (QED) is 0.368. The average Bonchev–Trinajstić information content (AvgIpc) is 2.15. The van der Waals surface area contributed by atoms with Gasteiger partial charge in [-0.25, -0.2) is 22.8 Å². The largest absolute Gasteiger partial charge is 0.205 e. The molecular weight excluding hydrogens is 210 g/mol. The van der Waals surface area contributed by atoms with Crippen LogP contribution in [-0.2, 0) is 0 Å². The van der Waals surface area contributed by atoms with Gasteiger partial charge in [0.2, 0.25) is 0 Å². The lowest BCUT2D eigenvalue weighted by Gasteiger charge is -1.97. The lowest BCUT2D eigenvalue weighted by molar-refractivity contribution is 0.435. The highest BCUT2D eigenvalue weighted by Crippen LogP contribution is 2.22. The summed E-state index contributed by atoms with van der Waals surface area (Å²) in [5, 5.41) is 5.46. The molecule has 0 radical (unpaired) electrons. The first kappa shape index (κ1) is 11.7. The first-order chi connectivity index (χ1) is 6.04. The van der Waals surface area contributed by atoms with Gasteiger partial charge in [0.1, 0.15) is 10.8 Å². The Morgan fingerprint density at radius 3 is 1.92 bits per heavy atom. The van der Waals surface area contributed by atoms with Crippen LogP contribution in [0.5, 0.6) is 0 Å². The minimum absolute atomic E-state index is 0.181. The molecule has 0 unspecified atom stereocenters. The molecule has 0 saturated heterocycles. The molecule has 0 aliphatic rings. The average molecular weight is 212 g/mol. The van der Waals surface area contributed by atoms with Crippen molar-refractivity contribution < 1.29 is 17.6 Å². The summed E-state index contributed by atoms with van der Waals surface area (Å²) in [5.41, 5.74) is 0. The second-order valence-electron chi connectivity index (χ2n) is 1.78. The monoisotopic (exact) mass is 211 g/mol. The Morgan fingerprint density at radius 2 is 1.46 bits per heavy atom. The van der Waals surface area contributed by atoms with Crippen molar-refractivity contribution >= 4 is 11.6 Å². The Morgan fingerprint density at radius 1 is 1.00 bits per heavy atom. The predicted molar refractivity (Wildman–Crippen MR) is 38.0 cm³/mol. The van der Waals surface area contributed by atoms with Crippen LogP contribution in [0.25, 0.3) is 0 Å². The van der Waals surface area contributed by atoms with Crippen molar-refractivity contribution in [3.05, 3.63) is 34.4 Å². The van der Waals surface area contributed by atoms with Gasteiger partial charge in [0.15, 0.2) is 17.5 Å². The highest BCUT2D eigenvalue weighted by Gasteiger charge is 2.16. The topological polar surface area (TPSA) is 23.8 Å². The maximum atomic E-state index is 12.3. The zero-order chi connectivity index (χ0) is 10.6. The van der Waals surface area contributed by atoms with E-state index in [1.54, 1.807) is 0 Å². The van der Waals surface area contributed by atoms with Gasteiger partial charge in [-0.3, -0.25) is 0 Å². The van der Waals surface area contributed by atoms with Gasteiger partial charge in [0, 0.05) is 12.6 Å². The Balaban J connectivity index is 0.000000671. The van der Waals surface area contributed by atoms with Gasteiger partial charge < -0.3 is 0 Å². The highest BCUT2D eigenvalue weighted by molar-refractivity contribution is 6.30. The number of halogens is 5. The number of hydrogen-bond acceptors (Lipinski definition) is 1. The molecule has 0 heterocycles. The van der Waals surface area contributed by atoms with Gasteiger partial charge in [-0.15, -0.1) is 0 Å². The molecular formula is C7H2ClF4N. The maximum absolute atomic E-state index is 12.3. The molecule has 0 bridgehead atoms. The summed E-state index contributed by atoms with van der Waals surface area (Å²) in [6, 6.07) is 0.181. The van der Waals surface area contributed by atoms with Crippen LogP contribution in [0.3, 0.4) is 0 Å². The molecule has 1 nitrogen and oxygen atoms in total. The highest BCUT2D eigenvalue weighted by atomic mass is 35.5. The van der Waals surface area contributed by atoms with E-state index >= 15 is 0 Å². The lowest BCUT2D eigenvalue weighted by Crippen LogP contribution is -1.94. The third-order valence-corrected chi connectivity index (χ3v) is 1.40. The van der Waals surface area contributed by atoms with Crippen molar-refractivity contribution in [3.8, 4) is 6.57 Å². The molecule has 0 spiro atoms. The zero-order valence-electron chi connectivity index (χ0n) is 5.99. The van der Waals surface area contributed by atoms with E-state index in [0.29, 0.717) is 0 Å². The van der Waals surface area contributed by atoms with E-state index in [2.05, 4.69) is 6.57 Å². The van der Waals surface area contributed by atoms with Gasteiger partial charge in [0.25, 0.3) is 0 Å². The lowest BCUT2D eigenvalue weighted by atomic mass is 10.3. The van der Waals surface area contributed by atoms with Crippen LogP contribution >= 0.6 is 11.6 Å². The fraction of sp³-hybridized carbons (Fsp3) is 0. The van der Waals surface area contributed by atoms with Crippen LogP contribution in [0.2, 0.25) is 5.02 Å². The van der Waals surface area contributed by atoms with Crippen molar-refractivity contribution in [1.82, 2.24) is 0 Å². The van der Waals surface area contributed by atoms with Crippen molar-refractivity contribution in [2.24, 2.45) is 0 Å². The summed E-state index contributed by atoms with van der Waals surface area (Å²) < 4.78 is 48.8. The molecule has 0 amide bonds. The third-order valence-electron chi connectivity index (χ3n) is 1.06. The molecule has 0 N–H and O–H groups in total. The summed E-state index contributed by atoms with van der Waals surface area (Å²) in [6.07, 6.45) is 0. The summed E-state index contributed by atoms with van der Waals surface area (Å²) in [7, 11) is 0. The van der Waals surface area contributed by atoms with Gasteiger partial charge in [-0.2, -0.15) is 0 Å². The van der Waals surface area contributed by atoms with Gasteiger partial charge in [0.05, 0.1) is 0 Å². The molecule has 1 aromatic rings. The Kier molecular flexibility index (Phi) is 4.21. The number of benzene rings is 1. The van der Waals surface area contributed by atoms with E-state index in [1.165, 1.54) is 0 Å². The van der Waals surface area contributed by atoms with Crippen molar-refractivity contribution in [1.29, 1.82) is 5.26 Å². The zero-order valence-corrected chi connectivity index (χ0v) is 6.75. The molecule has 0 saturated carbocycles. The third kappa shape index (κ3) is 2.33. The summed E-state index contributed by atoms with van der Waals surface area (Å²) in [4.78, 5) is 0. The van der Waals surface area contributed by atoms with Crippen LogP contribution < -0.4 is 0 Å². The first-order valence-corrected chi connectivity index (χ1v) is 3.16. The van der Waals surface area contributed by atoms with Crippen LogP contribution in [0, 0.1) is 35.1 Å². The second kappa shape index (κ2) is 4.67. The van der Waals surface area contributed by atoms with Crippen LogP contribution in [0.15, 0.2) is 6.07 Å². The maximum Gasteiger partial charge on any atom is 0.196 e. The second-order valence-corrected chi connectivity index (χ2v) is 2.16. The number of rotatable bonds is 0. The summed E-state index contributed by atoms with van der Waals surface area (Å²) in [6.45, 7) is 3.50. The minimum Gasteiger partial charge on any atom is -0.205 e. The summed E-state index contributed by atoms with van der Waals surface area (Å²) >= 11 is 4.90. The summed E-state index contributed by atoms with van der Waals surface area (Å²) in [5.74, 6) is -6.38. The van der Waals surface area contributed by atoms with Gasteiger partial charge >= 0.3 is 0 Å². The van der Waals surface area contributed by atoms with Gasteiger partial charge in [-0.05, 0) is 0 Å². The standard InChI is InChI=1S/C6HClF4.CHN/c7-4-2(8)1-3(9)5(10)6(4)11;1-2/h1H;1H. The predicted octanol–water partition coefficient (Wildman–Crippen LogP) is 3.04. The normalized spacial score (nSPS) is 8.85. The van der Waals surface area contributed by atoms with Gasteiger partial charge in [-0.1, -0.05) is 11.6 Å². The van der Waals surface area contributed by atoms with E-state index in [4.69, 9.17) is 16.9 Å². The van der Waals surface area contributed by atoms with E-state index in [-0.39, 0.29) is 6.07 Å². The number of nitriles is 1. The molecule has 0 aliphatic heterocycles. The molecule has 0 aliphatic carbocycles. The van der Waals surface area contributed by atoms with E-state index < -0.39 is 28.3 Å². The van der Waals surface area contributed by atoms with E-state index in [1.807, 2.05) is 0 Å². The Hall–Kier alpha value is -1.28. The van der Waals surface area contributed by atoms with E-state index in [0.717, 1.165) is 0 Å². The van der Waals surface area contributed by atoms with Crippen LogP contribution in [0.1, 0.15) is 0 Å². The van der Waals surface area contributed by atoms with Crippen LogP contribution in [0.4, 0.5) is 17.6 Å². The molecule has 1 rings (SSSR count). The molecule has 6 heteroatoms. The first-order valence-electron chi connectivity index (χ1n) is 2.78. The Bertz CT molecular complexity index is 311. The fourth-order valence-corrected chi connectivity index (χ4v) is 0.682. The molecule has 70 valence electrons. The molecule has 1 aromatic carbocycles. The molecule has 0 fully saturated rings. The number of nitrogens with zero attached hydrogens (tertiary/aromatic N) is 1. The van der Waals surface area contributed by atoms with E-state index in [9.17, 15) is 17.6 Å². The van der Waals surface area contributed by atoms with Crippen molar-refractivity contribution in [3.63, 3.8) is 0 Å². The van der Waals surface area contributed by atoms with Crippen molar-refractivity contribution in [2.45, 2.75) is 0 Å². The molecule has 0 aromatic heterocycles. The SMILES string of the molecule is C#N.Fc1cc(F)c(Cl)c(F)c1F. The fourth-order valence-electron chi connectivity index (χ4n) is 0.544. The van der Waals surface area contributed by atoms with Crippen LogP contribution in [-0.4, -0.2) is 0 Å². The molecule has 0 atom stereocenters. The smallest absolute Gasteiger partial charge is 0.196 e. The Labute approximate surface area is 76.2 Å². The minimum atomic E-state index is -1.77. The number of hydrogen-bond donors (Lipinski definition) is 0. The van der Waals surface area contributed by atoms with Crippen molar-refractivity contribution in [2.75, 3.05) is 0 Å². The molecule has 13 heavy (non-hydrogen) atoms.